The van der Waals surface area contributed by atoms with Crippen LogP contribution in [0.1, 0.15) is 27.1 Å². The molecule has 0 atom stereocenters. The predicted octanol–water partition coefficient (Wildman–Crippen LogP) is 0.594. The highest BCUT2D eigenvalue weighted by molar-refractivity contribution is 8.13. The Labute approximate surface area is 114 Å². The standard InChI is InChI=1S/C12H14N4O2S/c13-12(15-14)19-7-3-6-16-10(17)8-4-1-2-5-9(8)11(16)18/h1-2,4-5H,3,6-7,14H2,(H2,13,15). The van der Waals surface area contributed by atoms with Crippen molar-refractivity contribution in [3.05, 3.63) is 35.4 Å². The van der Waals surface area contributed by atoms with Gasteiger partial charge in [-0.25, -0.2) is 0 Å². The number of carbonyl (C=O) groups is 2. The summed E-state index contributed by atoms with van der Waals surface area (Å²) in [5.74, 6) is 5.19. The minimum Gasteiger partial charge on any atom is -0.377 e. The summed E-state index contributed by atoms with van der Waals surface area (Å²) in [4.78, 5) is 25.3. The van der Waals surface area contributed by atoms with Crippen LogP contribution in [0.2, 0.25) is 0 Å². The van der Waals surface area contributed by atoms with Gasteiger partial charge in [0.1, 0.15) is 0 Å². The van der Waals surface area contributed by atoms with Gasteiger partial charge >= 0.3 is 0 Å². The van der Waals surface area contributed by atoms with Crippen LogP contribution < -0.4 is 11.6 Å². The molecule has 2 amide bonds. The van der Waals surface area contributed by atoms with Crippen LogP contribution in [-0.4, -0.2) is 34.2 Å². The normalized spacial score (nSPS) is 14.9. The highest BCUT2D eigenvalue weighted by atomic mass is 32.2. The Balaban J connectivity index is 1.94. The minimum atomic E-state index is -0.230. The third-order valence-electron chi connectivity index (χ3n) is 2.78. The molecule has 0 aromatic heterocycles. The first-order valence-electron chi connectivity index (χ1n) is 5.76. The van der Waals surface area contributed by atoms with Crippen LogP contribution in [0.5, 0.6) is 0 Å². The van der Waals surface area contributed by atoms with Gasteiger partial charge in [0.2, 0.25) is 0 Å². The Morgan fingerprint density at radius 3 is 2.32 bits per heavy atom. The number of nitrogens with two attached hydrogens (primary N) is 2. The third-order valence-corrected chi connectivity index (χ3v) is 3.68. The largest absolute Gasteiger partial charge is 0.377 e. The molecule has 0 aliphatic carbocycles. The number of benzene rings is 1. The zero-order valence-electron chi connectivity index (χ0n) is 10.2. The molecular formula is C12H14N4O2S. The van der Waals surface area contributed by atoms with E-state index in [1.165, 1.54) is 16.7 Å². The number of carbonyl (C=O) groups excluding carboxylic acids is 2. The molecule has 7 heteroatoms. The van der Waals surface area contributed by atoms with E-state index in [9.17, 15) is 9.59 Å². The molecule has 0 bridgehead atoms. The average Bonchev–Trinajstić information content (AvgIpc) is 2.68. The molecule has 1 aromatic rings. The fraction of sp³-hybridized carbons (Fsp3) is 0.250. The Hall–Kier alpha value is -2.02. The predicted molar refractivity (Wildman–Crippen MR) is 74.7 cm³/mol. The van der Waals surface area contributed by atoms with Crippen LogP contribution in [0.4, 0.5) is 0 Å². The van der Waals surface area contributed by atoms with Crippen molar-refractivity contribution < 1.29 is 9.59 Å². The molecule has 1 aromatic carbocycles. The van der Waals surface area contributed by atoms with Gasteiger partial charge in [0, 0.05) is 12.3 Å². The van der Waals surface area contributed by atoms with Gasteiger partial charge in [-0.15, -0.1) is 0 Å². The van der Waals surface area contributed by atoms with E-state index in [2.05, 4.69) is 5.10 Å². The summed E-state index contributed by atoms with van der Waals surface area (Å²) in [5.41, 5.74) is 6.38. The summed E-state index contributed by atoms with van der Waals surface area (Å²) in [5, 5.41) is 3.62. The van der Waals surface area contributed by atoms with Gasteiger partial charge in [0.25, 0.3) is 11.8 Å². The van der Waals surface area contributed by atoms with Crippen molar-refractivity contribution in [2.75, 3.05) is 12.3 Å². The van der Waals surface area contributed by atoms with Crippen molar-refractivity contribution in [1.82, 2.24) is 4.90 Å². The first-order chi connectivity index (χ1) is 9.15. The van der Waals surface area contributed by atoms with Crippen LogP contribution in [0, 0.1) is 0 Å². The lowest BCUT2D eigenvalue weighted by Crippen LogP contribution is -2.31. The molecule has 0 radical (unpaired) electrons. The summed E-state index contributed by atoms with van der Waals surface area (Å²) in [6, 6.07) is 6.84. The number of amidine groups is 1. The Kier molecular flexibility index (Phi) is 4.06. The molecule has 6 nitrogen and oxygen atoms in total. The molecule has 1 aliphatic heterocycles. The molecule has 0 saturated heterocycles. The number of nitrogens with zero attached hydrogens (tertiary/aromatic N) is 2. The van der Waals surface area contributed by atoms with Gasteiger partial charge < -0.3 is 11.6 Å². The Morgan fingerprint density at radius 1 is 1.21 bits per heavy atom. The number of fused-ring (bicyclic) bond motifs is 1. The molecule has 0 fully saturated rings. The van der Waals surface area contributed by atoms with Gasteiger partial charge in [-0.1, -0.05) is 23.9 Å². The van der Waals surface area contributed by atoms with Crippen molar-refractivity contribution >= 4 is 28.7 Å². The molecule has 1 aliphatic rings. The Bertz CT molecular complexity index is 509. The van der Waals surface area contributed by atoms with Crippen molar-refractivity contribution in [3.8, 4) is 0 Å². The van der Waals surface area contributed by atoms with E-state index >= 15 is 0 Å². The molecular weight excluding hydrogens is 264 g/mol. The van der Waals surface area contributed by atoms with E-state index in [1.54, 1.807) is 24.3 Å². The van der Waals surface area contributed by atoms with E-state index in [4.69, 9.17) is 11.6 Å². The number of rotatable bonds is 4. The van der Waals surface area contributed by atoms with Crippen molar-refractivity contribution in [2.45, 2.75) is 6.42 Å². The van der Waals surface area contributed by atoms with Gasteiger partial charge in [0.05, 0.1) is 11.1 Å². The van der Waals surface area contributed by atoms with Gasteiger partial charge in [-0.05, 0) is 18.6 Å². The van der Waals surface area contributed by atoms with Crippen LogP contribution in [0.25, 0.3) is 0 Å². The van der Waals surface area contributed by atoms with Crippen molar-refractivity contribution in [3.63, 3.8) is 0 Å². The number of thioether (sulfide) groups is 1. The average molecular weight is 278 g/mol. The number of hydrogen-bond donors (Lipinski definition) is 2. The lowest BCUT2D eigenvalue weighted by Gasteiger charge is -2.12. The lowest BCUT2D eigenvalue weighted by molar-refractivity contribution is 0.0655. The lowest BCUT2D eigenvalue weighted by atomic mass is 10.1. The van der Waals surface area contributed by atoms with Crippen LogP contribution in [-0.2, 0) is 0 Å². The second kappa shape index (κ2) is 5.75. The SMILES string of the molecule is N/N=C(/N)SCCCN1C(=O)c2ccccc2C1=O. The van der Waals surface area contributed by atoms with E-state index in [1.807, 2.05) is 0 Å². The summed E-state index contributed by atoms with van der Waals surface area (Å²) >= 11 is 1.30. The highest BCUT2D eigenvalue weighted by Crippen LogP contribution is 2.22. The van der Waals surface area contributed by atoms with E-state index in [0.717, 1.165) is 0 Å². The van der Waals surface area contributed by atoms with E-state index in [-0.39, 0.29) is 11.8 Å². The fourth-order valence-electron chi connectivity index (χ4n) is 1.88. The minimum absolute atomic E-state index is 0.230. The summed E-state index contributed by atoms with van der Waals surface area (Å²) in [6.07, 6.45) is 0.645. The maximum Gasteiger partial charge on any atom is 0.261 e. The topological polar surface area (TPSA) is 102 Å². The number of imide groups is 1. The second-order valence-electron chi connectivity index (χ2n) is 3.98. The van der Waals surface area contributed by atoms with Gasteiger partial charge in [-0.3, -0.25) is 14.5 Å². The second-order valence-corrected chi connectivity index (χ2v) is 5.09. The molecule has 4 N–H and O–H groups in total. The maximum atomic E-state index is 12.0. The van der Waals surface area contributed by atoms with Crippen LogP contribution >= 0.6 is 11.8 Å². The maximum absolute atomic E-state index is 12.0. The van der Waals surface area contributed by atoms with Crippen molar-refractivity contribution in [2.24, 2.45) is 16.7 Å². The molecule has 2 rings (SSSR count). The molecule has 19 heavy (non-hydrogen) atoms. The fourth-order valence-corrected chi connectivity index (χ4v) is 2.44. The smallest absolute Gasteiger partial charge is 0.261 e. The number of amides is 2. The number of hydrogen-bond acceptors (Lipinski definition) is 5. The molecule has 1 heterocycles. The first kappa shape index (κ1) is 13.4. The molecule has 100 valence electrons. The molecule has 0 spiro atoms. The molecule has 0 saturated carbocycles. The van der Waals surface area contributed by atoms with Crippen LogP contribution in [0.15, 0.2) is 29.4 Å². The van der Waals surface area contributed by atoms with Crippen LogP contribution in [0.3, 0.4) is 0 Å². The zero-order valence-corrected chi connectivity index (χ0v) is 11.0. The van der Waals surface area contributed by atoms with Gasteiger partial charge in [0.15, 0.2) is 5.17 Å². The van der Waals surface area contributed by atoms with Crippen molar-refractivity contribution in [1.29, 1.82) is 0 Å². The summed E-state index contributed by atoms with van der Waals surface area (Å²) in [7, 11) is 0. The van der Waals surface area contributed by atoms with E-state index in [0.29, 0.717) is 35.0 Å². The monoisotopic (exact) mass is 278 g/mol. The highest BCUT2D eigenvalue weighted by Gasteiger charge is 2.34. The zero-order chi connectivity index (χ0) is 13.8. The summed E-state index contributed by atoms with van der Waals surface area (Å²) < 4.78 is 0. The molecule has 0 unspecified atom stereocenters. The first-order valence-corrected chi connectivity index (χ1v) is 6.75. The quantitative estimate of drug-likeness (QED) is 0.210. The van der Waals surface area contributed by atoms with Gasteiger partial charge in [-0.2, -0.15) is 5.10 Å². The Morgan fingerprint density at radius 2 is 1.79 bits per heavy atom. The van der Waals surface area contributed by atoms with E-state index < -0.39 is 0 Å². The third kappa shape index (κ3) is 2.70. The number of hydrazone groups is 1. The summed E-state index contributed by atoms with van der Waals surface area (Å²) in [6.45, 7) is 0.372.